The topological polar surface area (TPSA) is 7.94 Å². The second-order valence-electron chi connectivity index (χ2n) is 5.41. The molecule has 0 N–H and O–H groups in total. The molecule has 0 spiro atoms. The third kappa shape index (κ3) is 2.26. The summed E-state index contributed by atoms with van der Waals surface area (Å²) in [6, 6.07) is 8.70. The number of hydrogen-bond donors (Lipinski definition) is 0. The van der Waals surface area contributed by atoms with Crippen molar-refractivity contribution in [2.45, 2.75) is 0 Å². The fourth-order valence-corrected chi connectivity index (χ4v) is 4.81. The lowest BCUT2D eigenvalue weighted by molar-refractivity contribution is -0.358. The minimum atomic E-state index is -4.02. The van der Waals surface area contributed by atoms with Gasteiger partial charge in [0.05, 0.1) is 10.2 Å². The molecular formula is C15H7BBr3ClF2N2. The van der Waals surface area contributed by atoms with Gasteiger partial charge in [-0.1, -0.05) is 27.5 Å². The molecule has 9 heteroatoms. The molecule has 0 aliphatic carbocycles. The van der Waals surface area contributed by atoms with Crippen molar-refractivity contribution < 1.29 is 13.1 Å². The second kappa shape index (κ2) is 5.66. The highest BCUT2D eigenvalue weighted by atomic mass is 79.9. The van der Waals surface area contributed by atoms with Gasteiger partial charge in [0.25, 0.3) is 0 Å². The van der Waals surface area contributed by atoms with Gasteiger partial charge in [0.1, 0.15) is 0 Å². The largest absolute Gasteiger partial charge is 0.738 e. The van der Waals surface area contributed by atoms with Gasteiger partial charge in [-0.3, -0.25) is 0 Å². The third-order valence-electron chi connectivity index (χ3n) is 4.07. The van der Waals surface area contributed by atoms with E-state index in [2.05, 4.69) is 47.8 Å². The van der Waals surface area contributed by atoms with Crippen LogP contribution in [0.1, 0.15) is 11.3 Å². The van der Waals surface area contributed by atoms with Crippen LogP contribution in [0.3, 0.4) is 0 Å². The number of benzene rings is 1. The van der Waals surface area contributed by atoms with Crippen LogP contribution in [-0.2, 0) is 0 Å². The van der Waals surface area contributed by atoms with Gasteiger partial charge in [0.15, 0.2) is 5.70 Å². The predicted octanol–water partition coefficient (Wildman–Crippen LogP) is 6.04. The molecule has 0 saturated heterocycles. The molecule has 4 rings (SSSR count). The van der Waals surface area contributed by atoms with Gasteiger partial charge >= 0.3 is 6.97 Å². The normalized spacial score (nSPS) is 18.2. The van der Waals surface area contributed by atoms with Crippen LogP contribution < -0.4 is 0 Å². The van der Waals surface area contributed by atoms with Gasteiger partial charge in [0.2, 0.25) is 4.62 Å². The van der Waals surface area contributed by atoms with Gasteiger partial charge in [-0.15, -0.1) is 0 Å². The Morgan fingerprint density at radius 1 is 1.04 bits per heavy atom. The fourth-order valence-electron chi connectivity index (χ4n) is 3.10. The highest BCUT2D eigenvalue weighted by Crippen LogP contribution is 2.44. The van der Waals surface area contributed by atoms with Crippen LogP contribution in [0.4, 0.5) is 8.63 Å². The Bertz CT molecular complexity index is 995. The first-order chi connectivity index (χ1) is 11.3. The zero-order chi connectivity index (χ0) is 17.2. The monoisotopic (exact) mass is 536 g/mol. The number of aromatic nitrogens is 1. The molecule has 1 aromatic heterocycles. The fraction of sp³-hybridized carbons (Fsp3) is 0. The van der Waals surface area contributed by atoms with Gasteiger partial charge in [0, 0.05) is 48.8 Å². The van der Waals surface area contributed by atoms with E-state index in [9.17, 15) is 0 Å². The number of rotatable bonds is 1. The Balaban J connectivity index is 2.14. The van der Waals surface area contributed by atoms with E-state index in [4.69, 9.17) is 11.6 Å². The quantitative estimate of drug-likeness (QED) is 0.391. The first kappa shape index (κ1) is 16.8. The van der Waals surface area contributed by atoms with Crippen LogP contribution in [0.25, 0.3) is 5.57 Å². The summed E-state index contributed by atoms with van der Waals surface area (Å²) in [7, 11) is 0. The summed E-state index contributed by atoms with van der Waals surface area (Å²) in [6.07, 6.45) is 3.30. The van der Waals surface area contributed by atoms with Crippen LogP contribution in [-0.4, -0.2) is 20.6 Å². The molecule has 0 saturated carbocycles. The van der Waals surface area contributed by atoms with Crippen molar-refractivity contribution >= 4 is 76.6 Å². The maximum atomic E-state index is 15.1. The van der Waals surface area contributed by atoms with E-state index in [0.717, 1.165) is 13.4 Å². The van der Waals surface area contributed by atoms with E-state index in [1.165, 1.54) is 0 Å². The second-order valence-corrected chi connectivity index (χ2v) is 8.36. The van der Waals surface area contributed by atoms with Crippen LogP contribution in [0.5, 0.6) is 0 Å². The first-order valence-corrected chi connectivity index (χ1v) is 9.67. The summed E-state index contributed by atoms with van der Waals surface area (Å²) < 4.78 is 33.7. The lowest BCUT2D eigenvalue weighted by Crippen LogP contribution is -2.50. The first-order valence-electron chi connectivity index (χ1n) is 6.91. The lowest BCUT2D eigenvalue weighted by Gasteiger charge is -2.32. The van der Waals surface area contributed by atoms with Crippen molar-refractivity contribution in [3.05, 3.63) is 73.5 Å². The molecule has 1 aromatic carbocycles. The highest BCUT2D eigenvalue weighted by molar-refractivity contribution is 9.18. The molecule has 0 amide bonds. The van der Waals surface area contributed by atoms with Crippen LogP contribution in [0.15, 0.2) is 57.3 Å². The third-order valence-corrected chi connectivity index (χ3v) is 6.18. The van der Waals surface area contributed by atoms with Gasteiger partial charge in [-0.05, 0) is 46.3 Å². The van der Waals surface area contributed by atoms with Crippen molar-refractivity contribution in [3.63, 3.8) is 0 Å². The van der Waals surface area contributed by atoms with Crippen LogP contribution in [0, 0.1) is 0 Å². The Morgan fingerprint density at radius 3 is 2.54 bits per heavy atom. The maximum Gasteiger partial charge on any atom is 0.738 e. The molecular weight excluding hydrogens is 532 g/mol. The Morgan fingerprint density at radius 2 is 1.79 bits per heavy atom. The summed E-state index contributed by atoms with van der Waals surface area (Å²) in [6.45, 7) is -4.02. The average Bonchev–Trinajstić information content (AvgIpc) is 3.08. The maximum absolute atomic E-state index is 15.1. The summed E-state index contributed by atoms with van der Waals surface area (Å²) >= 11 is 16.3. The van der Waals surface area contributed by atoms with Crippen molar-refractivity contribution in [3.8, 4) is 0 Å². The molecule has 0 radical (unpaired) electrons. The minimum Gasteiger partial charge on any atom is -0.389 e. The van der Waals surface area contributed by atoms with Crippen molar-refractivity contribution in [2.24, 2.45) is 0 Å². The van der Waals surface area contributed by atoms with Crippen LogP contribution in [0.2, 0.25) is 5.02 Å². The number of nitrogens with zero attached hydrogens (tertiary/aromatic N) is 2. The van der Waals surface area contributed by atoms with E-state index < -0.39 is 6.97 Å². The number of fused-ring (bicyclic) bond motifs is 2. The molecule has 0 fully saturated rings. The molecule has 122 valence electrons. The molecule has 2 aliphatic rings. The predicted molar refractivity (Wildman–Crippen MR) is 104 cm³/mol. The lowest BCUT2D eigenvalue weighted by atomic mass is 9.86. The smallest absolute Gasteiger partial charge is 0.389 e. The summed E-state index contributed by atoms with van der Waals surface area (Å²) in [5.41, 5.74) is 2.19. The molecule has 0 unspecified atom stereocenters. The molecule has 2 aliphatic heterocycles. The van der Waals surface area contributed by atoms with Crippen molar-refractivity contribution in [2.75, 3.05) is 0 Å². The van der Waals surface area contributed by atoms with Gasteiger partial charge < -0.3 is 17.6 Å². The Labute approximate surface area is 166 Å². The minimum absolute atomic E-state index is 0.317. The zero-order valence-electron chi connectivity index (χ0n) is 11.8. The molecule has 3 heterocycles. The zero-order valence-corrected chi connectivity index (χ0v) is 17.3. The number of allylic oxidation sites excluding steroid dienone is 2. The SMILES string of the molecule is F[B-]1(F)n2c(Br)ccc2C(c2cc(Br)ccc2Cl)=C2C=CC(Br)=[N+]21. The van der Waals surface area contributed by atoms with Gasteiger partial charge in [-0.2, -0.15) is 0 Å². The Hall–Kier alpha value is -0.695. The van der Waals surface area contributed by atoms with E-state index in [-0.39, 0.29) is 0 Å². The molecule has 2 aromatic rings. The molecule has 2 nitrogen and oxygen atoms in total. The van der Waals surface area contributed by atoms with Crippen molar-refractivity contribution in [1.29, 1.82) is 0 Å². The highest BCUT2D eigenvalue weighted by Gasteiger charge is 2.54. The molecule has 0 atom stereocenters. The van der Waals surface area contributed by atoms with Crippen LogP contribution >= 0.6 is 59.4 Å². The molecule has 0 bridgehead atoms. The summed E-state index contributed by atoms with van der Waals surface area (Å²) in [5, 5.41) is 0.499. The summed E-state index contributed by atoms with van der Waals surface area (Å²) in [4.78, 5) is 0. The number of hydrogen-bond acceptors (Lipinski definition) is 0. The Kier molecular flexibility index (Phi) is 3.95. The molecule has 24 heavy (non-hydrogen) atoms. The van der Waals surface area contributed by atoms with E-state index >= 15 is 8.63 Å². The average molecular weight is 539 g/mol. The summed E-state index contributed by atoms with van der Waals surface area (Å²) in [5.74, 6) is 0. The van der Waals surface area contributed by atoms with E-state index in [1.807, 2.05) is 12.1 Å². The number of halogens is 6. The standard InChI is InChI=1S/C15H7BBr3ClF2N2/c17-8-1-2-10(20)9(7-8)15-11-3-5-13(18)23(11)16(21,22)24-12(15)4-6-14(24)19/h1-7H. The van der Waals surface area contributed by atoms with Crippen molar-refractivity contribution in [1.82, 2.24) is 4.48 Å². The van der Waals surface area contributed by atoms with Gasteiger partial charge in [-0.25, -0.2) is 0 Å². The van der Waals surface area contributed by atoms with E-state index in [0.29, 0.717) is 36.8 Å². The van der Waals surface area contributed by atoms with E-state index in [1.54, 1.807) is 30.4 Å².